The van der Waals surface area contributed by atoms with Gasteiger partial charge in [-0.25, -0.2) is 9.97 Å². The minimum absolute atomic E-state index is 0.121. The van der Waals surface area contributed by atoms with Gasteiger partial charge in [0.1, 0.15) is 0 Å². The van der Waals surface area contributed by atoms with Crippen LogP contribution in [0.3, 0.4) is 0 Å². The van der Waals surface area contributed by atoms with Crippen molar-refractivity contribution in [3.63, 3.8) is 0 Å². The van der Waals surface area contributed by atoms with Gasteiger partial charge in [-0.05, 0) is 36.8 Å². The van der Waals surface area contributed by atoms with Crippen molar-refractivity contribution in [3.05, 3.63) is 74.1 Å². The van der Waals surface area contributed by atoms with E-state index in [1.807, 2.05) is 24.4 Å². The minimum atomic E-state index is -0.241. The molecular formula is C21H16Cl2N4O2S. The largest absolute Gasteiger partial charge is 0.302 e. The summed E-state index contributed by atoms with van der Waals surface area (Å²) in [6.45, 7) is 2.13. The maximum Gasteiger partial charge on any atom is 0.261 e. The van der Waals surface area contributed by atoms with Gasteiger partial charge in [0.15, 0.2) is 5.13 Å². The first-order valence-electron chi connectivity index (χ1n) is 9.08. The van der Waals surface area contributed by atoms with Crippen LogP contribution in [-0.4, -0.2) is 20.4 Å². The monoisotopic (exact) mass is 458 g/mol. The van der Waals surface area contributed by atoms with Crippen molar-refractivity contribution in [2.24, 2.45) is 0 Å². The number of rotatable bonds is 5. The maximum atomic E-state index is 12.6. The highest BCUT2D eigenvalue weighted by molar-refractivity contribution is 7.14. The van der Waals surface area contributed by atoms with Gasteiger partial charge in [0.25, 0.3) is 5.56 Å². The molecule has 4 rings (SSSR count). The van der Waals surface area contributed by atoms with Crippen molar-refractivity contribution >= 4 is 56.5 Å². The van der Waals surface area contributed by atoms with Gasteiger partial charge in [-0.15, -0.1) is 11.3 Å². The summed E-state index contributed by atoms with van der Waals surface area (Å²) in [5.41, 5.74) is 2.85. The Bertz CT molecular complexity index is 1320. The van der Waals surface area contributed by atoms with Crippen molar-refractivity contribution in [2.45, 2.75) is 19.9 Å². The summed E-state index contributed by atoms with van der Waals surface area (Å²) in [6.07, 6.45) is 1.60. The number of hydrogen-bond acceptors (Lipinski definition) is 5. The molecule has 0 aliphatic heterocycles. The molecule has 0 aliphatic rings. The van der Waals surface area contributed by atoms with E-state index < -0.39 is 0 Å². The molecule has 2 aromatic heterocycles. The summed E-state index contributed by atoms with van der Waals surface area (Å²) < 4.78 is 1.45. The molecule has 2 aromatic carbocycles. The number of thiazole rings is 1. The van der Waals surface area contributed by atoms with E-state index in [1.54, 1.807) is 24.3 Å². The lowest BCUT2D eigenvalue weighted by Gasteiger charge is -2.07. The van der Waals surface area contributed by atoms with Gasteiger partial charge >= 0.3 is 0 Å². The number of para-hydroxylation sites is 1. The van der Waals surface area contributed by atoms with Crippen LogP contribution in [0.1, 0.15) is 12.0 Å². The molecule has 9 heteroatoms. The summed E-state index contributed by atoms with van der Waals surface area (Å²) in [5, 5.41) is 6.61. The smallest absolute Gasteiger partial charge is 0.261 e. The molecule has 0 fully saturated rings. The number of aromatic nitrogens is 3. The average molecular weight is 459 g/mol. The quantitative estimate of drug-likeness (QED) is 0.447. The van der Waals surface area contributed by atoms with Crippen LogP contribution >= 0.6 is 34.5 Å². The summed E-state index contributed by atoms with van der Waals surface area (Å²) in [4.78, 5) is 33.7. The van der Waals surface area contributed by atoms with E-state index in [4.69, 9.17) is 23.2 Å². The molecule has 2 heterocycles. The first-order valence-corrected chi connectivity index (χ1v) is 10.7. The molecule has 4 aromatic rings. The van der Waals surface area contributed by atoms with Gasteiger partial charge in [0.2, 0.25) is 5.91 Å². The van der Waals surface area contributed by atoms with E-state index in [9.17, 15) is 9.59 Å². The number of benzene rings is 2. The van der Waals surface area contributed by atoms with Crippen LogP contribution in [0, 0.1) is 6.92 Å². The topological polar surface area (TPSA) is 76.9 Å². The minimum Gasteiger partial charge on any atom is -0.302 e. The maximum absolute atomic E-state index is 12.6. The van der Waals surface area contributed by atoms with Gasteiger partial charge in [-0.3, -0.25) is 14.2 Å². The van der Waals surface area contributed by atoms with Gasteiger partial charge < -0.3 is 5.32 Å². The molecular weight excluding hydrogens is 443 g/mol. The van der Waals surface area contributed by atoms with E-state index in [1.165, 1.54) is 22.2 Å². The third-order valence-corrected chi connectivity index (χ3v) is 5.90. The molecule has 0 atom stereocenters. The average Bonchev–Trinajstić information content (AvgIpc) is 3.16. The summed E-state index contributed by atoms with van der Waals surface area (Å²) in [6, 6.07) is 10.6. The summed E-state index contributed by atoms with van der Waals surface area (Å²) in [5.74, 6) is -0.241. The molecule has 1 N–H and O–H groups in total. The van der Waals surface area contributed by atoms with E-state index >= 15 is 0 Å². The first-order chi connectivity index (χ1) is 14.4. The second kappa shape index (κ2) is 8.55. The fourth-order valence-electron chi connectivity index (χ4n) is 3.05. The zero-order valence-electron chi connectivity index (χ0n) is 15.9. The number of nitrogens with one attached hydrogen (secondary N) is 1. The van der Waals surface area contributed by atoms with Crippen molar-refractivity contribution < 1.29 is 4.79 Å². The number of fused-ring (bicyclic) bond motifs is 1. The highest BCUT2D eigenvalue weighted by atomic mass is 35.5. The van der Waals surface area contributed by atoms with Crippen LogP contribution < -0.4 is 10.9 Å². The molecule has 1 amide bonds. The Labute approximate surface area is 186 Å². The number of amides is 1. The Morgan fingerprint density at radius 1 is 1.23 bits per heavy atom. The van der Waals surface area contributed by atoms with Crippen LogP contribution in [-0.2, 0) is 11.3 Å². The van der Waals surface area contributed by atoms with Crippen LogP contribution in [0.5, 0.6) is 0 Å². The lowest BCUT2D eigenvalue weighted by molar-refractivity contribution is -0.116. The number of anilines is 1. The van der Waals surface area contributed by atoms with E-state index in [0.29, 0.717) is 31.8 Å². The van der Waals surface area contributed by atoms with E-state index in [2.05, 4.69) is 15.3 Å². The van der Waals surface area contributed by atoms with Gasteiger partial charge in [-0.2, -0.15) is 0 Å². The van der Waals surface area contributed by atoms with E-state index in [0.717, 1.165) is 11.1 Å². The highest BCUT2D eigenvalue weighted by Crippen LogP contribution is 2.32. The number of aryl methyl sites for hydroxylation is 2. The fraction of sp³-hybridized carbons (Fsp3) is 0.143. The number of halogens is 2. The summed E-state index contributed by atoms with van der Waals surface area (Å²) in [7, 11) is 0. The zero-order valence-corrected chi connectivity index (χ0v) is 18.2. The molecule has 0 saturated carbocycles. The SMILES string of the molecule is Cc1cccc2c(=O)n(CCC(=O)Nc3nc(-c4ccc(Cl)cc4Cl)cs3)cnc12. The molecule has 0 spiro atoms. The van der Waals surface area contributed by atoms with E-state index in [-0.39, 0.29) is 24.4 Å². The Morgan fingerprint density at radius 3 is 2.87 bits per heavy atom. The van der Waals surface area contributed by atoms with Gasteiger partial charge in [0.05, 0.1) is 27.9 Å². The predicted octanol–water partition coefficient (Wildman–Crippen LogP) is 5.16. The fourth-order valence-corrected chi connectivity index (χ4v) is 4.28. The predicted molar refractivity (Wildman–Crippen MR) is 122 cm³/mol. The number of carbonyl (C=O) groups is 1. The molecule has 0 bridgehead atoms. The second-order valence-corrected chi connectivity index (χ2v) is 8.38. The normalized spacial score (nSPS) is 11.0. The van der Waals surface area contributed by atoms with Crippen LogP contribution in [0.15, 0.2) is 52.9 Å². The second-order valence-electron chi connectivity index (χ2n) is 6.67. The number of nitrogens with zero attached hydrogens (tertiary/aromatic N) is 3. The van der Waals surface area contributed by atoms with Crippen LogP contribution in [0.25, 0.3) is 22.2 Å². The molecule has 6 nitrogen and oxygen atoms in total. The van der Waals surface area contributed by atoms with Crippen LogP contribution in [0.2, 0.25) is 10.0 Å². The lowest BCUT2D eigenvalue weighted by Crippen LogP contribution is -2.23. The summed E-state index contributed by atoms with van der Waals surface area (Å²) >= 11 is 13.4. The Kier molecular flexibility index (Phi) is 5.85. The third kappa shape index (κ3) is 4.23. The van der Waals surface area contributed by atoms with Gasteiger partial charge in [0, 0.05) is 28.9 Å². The Morgan fingerprint density at radius 2 is 2.07 bits per heavy atom. The number of hydrogen-bond donors (Lipinski definition) is 1. The molecule has 0 aliphatic carbocycles. The molecule has 0 unspecified atom stereocenters. The third-order valence-electron chi connectivity index (χ3n) is 4.59. The molecule has 152 valence electrons. The number of carbonyl (C=O) groups excluding carboxylic acids is 1. The molecule has 0 saturated heterocycles. The molecule has 0 radical (unpaired) electrons. The van der Waals surface area contributed by atoms with Gasteiger partial charge in [-0.1, -0.05) is 35.3 Å². The van der Waals surface area contributed by atoms with Crippen molar-refractivity contribution in [3.8, 4) is 11.3 Å². The van der Waals surface area contributed by atoms with Crippen molar-refractivity contribution in [2.75, 3.05) is 5.32 Å². The molecule has 30 heavy (non-hydrogen) atoms. The lowest BCUT2D eigenvalue weighted by atomic mass is 10.1. The Hall–Kier alpha value is -2.74. The Balaban J connectivity index is 1.44. The van der Waals surface area contributed by atoms with Crippen LogP contribution in [0.4, 0.5) is 5.13 Å². The van der Waals surface area contributed by atoms with Crippen molar-refractivity contribution in [1.29, 1.82) is 0 Å². The zero-order chi connectivity index (χ0) is 21.3. The first kappa shape index (κ1) is 20.5. The highest BCUT2D eigenvalue weighted by Gasteiger charge is 2.12. The standard InChI is InChI=1S/C21H16Cl2N4O2S/c1-12-3-2-4-15-19(12)24-11-27(20(15)29)8-7-18(28)26-21-25-17(10-30-21)14-6-5-13(22)9-16(14)23/h2-6,9-11H,7-8H2,1H3,(H,25,26,28). The van der Waals surface area contributed by atoms with Crippen molar-refractivity contribution in [1.82, 2.24) is 14.5 Å².